The summed E-state index contributed by atoms with van der Waals surface area (Å²) in [5.74, 6) is 0.747. The van der Waals surface area contributed by atoms with E-state index >= 15 is 0 Å². The topological polar surface area (TPSA) is 40.9 Å². The zero-order chi connectivity index (χ0) is 14.3. The van der Waals surface area contributed by atoms with Crippen LogP contribution in [-0.4, -0.2) is 8.96 Å². The van der Waals surface area contributed by atoms with Gasteiger partial charge in [-0.1, -0.05) is 31.2 Å². The fraction of sp³-hybridized carbons (Fsp3) is 0.625. The molecular formula is C16H25NOS. The highest BCUT2D eigenvalue weighted by molar-refractivity contribution is 7.94. The average molecular weight is 279 g/mol. The summed E-state index contributed by atoms with van der Waals surface area (Å²) in [5, 5.41) is -0.166. The van der Waals surface area contributed by atoms with Gasteiger partial charge in [0.15, 0.2) is 0 Å². The summed E-state index contributed by atoms with van der Waals surface area (Å²) < 4.78 is 20.7. The molecule has 0 spiro atoms. The predicted molar refractivity (Wildman–Crippen MR) is 82.1 cm³/mol. The van der Waals surface area contributed by atoms with Crippen molar-refractivity contribution in [3.05, 3.63) is 35.4 Å². The molecule has 1 unspecified atom stereocenters. The molecule has 2 nitrogen and oxygen atoms in total. The predicted octanol–water partition coefficient (Wildman–Crippen LogP) is 4.86. The number of hydrogen-bond donors (Lipinski definition) is 1. The zero-order valence-electron chi connectivity index (χ0n) is 12.4. The highest BCUT2D eigenvalue weighted by Crippen LogP contribution is 2.41. The molecule has 1 aliphatic rings. The lowest BCUT2D eigenvalue weighted by atomic mass is 10.1. The van der Waals surface area contributed by atoms with E-state index in [0.29, 0.717) is 0 Å². The lowest BCUT2D eigenvalue weighted by Crippen LogP contribution is -2.31. The third-order valence-corrected chi connectivity index (χ3v) is 7.26. The van der Waals surface area contributed by atoms with Gasteiger partial charge in [0.2, 0.25) is 0 Å². The molecule has 19 heavy (non-hydrogen) atoms. The molecule has 2 rings (SSSR count). The first-order valence-corrected chi connectivity index (χ1v) is 8.76. The Morgan fingerprint density at radius 3 is 2.16 bits per heavy atom. The van der Waals surface area contributed by atoms with Crippen molar-refractivity contribution in [3.63, 3.8) is 0 Å². The fourth-order valence-corrected chi connectivity index (χ4v) is 4.35. The van der Waals surface area contributed by atoms with E-state index in [0.717, 1.165) is 17.9 Å². The van der Waals surface area contributed by atoms with Crippen LogP contribution in [0.25, 0.3) is 0 Å². The molecule has 106 valence electrons. The SMILES string of the molecule is CC[C@@H](c1ccc(C2CC2)cc1)S(=N)(=O)C(C)(C)C. The van der Waals surface area contributed by atoms with Gasteiger partial charge in [-0.25, -0.2) is 4.21 Å². The van der Waals surface area contributed by atoms with Crippen molar-refractivity contribution in [2.75, 3.05) is 0 Å². The van der Waals surface area contributed by atoms with Gasteiger partial charge in [-0.15, -0.1) is 0 Å². The Morgan fingerprint density at radius 1 is 1.26 bits per heavy atom. The van der Waals surface area contributed by atoms with Crippen LogP contribution in [0.2, 0.25) is 0 Å². The van der Waals surface area contributed by atoms with Crippen LogP contribution >= 0.6 is 0 Å². The monoisotopic (exact) mass is 279 g/mol. The normalized spacial score (nSPS) is 20.8. The first kappa shape index (κ1) is 14.6. The van der Waals surface area contributed by atoms with Gasteiger partial charge >= 0.3 is 0 Å². The molecule has 0 amide bonds. The molecule has 0 heterocycles. The molecule has 0 aliphatic heterocycles. The Labute approximate surface area is 117 Å². The summed E-state index contributed by atoms with van der Waals surface area (Å²) in [7, 11) is -2.66. The fourth-order valence-electron chi connectivity index (χ4n) is 2.49. The van der Waals surface area contributed by atoms with Crippen LogP contribution in [0.4, 0.5) is 0 Å². The first-order valence-electron chi connectivity index (χ1n) is 7.14. The maximum absolute atomic E-state index is 12.8. The highest BCUT2D eigenvalue weighted by atomic mass is 32.2. The molecule has 0 aromatic heterocycles. The van der Waals surface area contributed by atoms with Crippen molar-refractivity contribution in [3.8, 4) is 0 Å². The molecule has 1 aliphatic carbocycles. The zero-order valence-corrected chi connectivity index (χ0v) is 13.2. The van der Waals surface area contributed by atoms with E-state index in [2.05, 4.69) is 24.3 Å². The average Bonchev–Trinajstić information content (AvgIpc) is 3.13. The van der Waals surface area contributed by atoms with Crippen molar-refractivity contribution >= 4 is 9.73 Å². The maximum Gasteiger partial charge on any atom is 0.0679 e. The van der Waals surface area contributed by atoms with E-state index in [1.165, 1.54) is 18.4 Å². The van der Waals surface area contributed by atoms with Gasteiger partial charge in [0.25, 0.3) is 0 Å². The van der Waals surface area contributed by atoms with E-state index in [-0.39, 0.29) is 5.25 Å². The lowest BCUT2D eigenvalue weighted by molar-refractivity contribution is 0.618. The van der Waals surface area contributed by atoms with Crippen LogP contribution in [0.5, 0.6) is 0 Å². The Kier molecular flexibility index (Phi) is 3.78. The van der Waals surface area contributed by atoms with Crippen LogP contribution in [0, 0.1) is 4.78 Å². The van der Waals surface area contributed by atoms with Crippen molar-refractivity contribution in [1.82, 2.24) is 0 Å². The van der Waals surface area contributed by atoms with Crippen LogP contribution in [0.15, 0.2) is 24.3 Å². The molecule has 0 saturated heterocycles. The molecule has 2 atom stereocenters. The molecule has 3 heteroatoms. The van der Waals surface area contributed by atoms with E-state index < -0.39 is 14.5 Å². The van der Waals surface area contributed by atoms with Crippen molar-refractivity contribution < 1.29 is 4.21 Å². The van der Waals surface area contributed by atoms with Gasteiger partial charge in [-0.05, 0) is 57.1 Å². The third kappa shape index (κ3) is 2.86. The summed E-state index contributed by atoms with van der Waals surface area (Å²) in [6, 6.07) is 8.49. The van der Waals surface area contributed by atoms with Gasteiger partial charge in [0.05, 0.1) is 15.0 Å². The van der Waals surface area contributed by atoms with Crippen molar-refractivity contribution in [2.24, 2.45) is 0 Å². The largest absolute Gasteiger partial charge is 0.252 e. The van der Waals surface area contributed by atoms with Crippen LogP contribution in [0.1, 0.15) is 69.3 Å². The minimum Gasteiger partial charge on any atom is -0.252 e. The number of rotatable bonds is 4. The summed E-state index contributed by atoms with van der Waals surface area (Å²) in [4.78, 5) is 0. The number of benzene rings is 1. The highest BCUT2D eigenvalue weighted by Gasteiger charge is 2.33. The molecule has 1 saturated carbocycles. The lowest BCUT2D eigenvalue weighted by Gasteiger charge is -2.29. The van der Waals surface area contributed by atoms with Gasteiger partial charge in [0.1, 0.15) is 0 Å². The third-order valence-electron chi connectivity index (χ3n) is 4.04. The smallest absolute Gasteiger partial charge is 0.0679 e. The van der Waals surface area contributed by atoms with Crippen molar-refractivity contribution in [1.29, 1.82) is 4.78 Å². The minimum absolute atomic E-state index is 0.166. The van der Waals surface area contributed by atoms with Gasteiger partial charge in [-0.2, -0.15) is 0 Å². The number of nitrogens with one attached hydrogen (secondary N) is 1. The second-order valence-corrected chi connectivity index (χ2v) is 9.55. The molecule has 1 N–H and O–H groups in total. The second kappa shape index (κ2) is 4.93. The van der Waals surface area contributed by atoms with E-state index in [1.807, 2.05) is 27.7 Å². The van der Waals surface area contributed by atoms with E-state index in [4.69, 9.17) is 4.78 Å². The van der Waals surface area contributed by atoms with Gasteiger partial charge < -0.3 is 0 Å². The summed E-state index contributed by atoms with van der Waals surface area (Å²) in [6.07, 6.45) is 3.35. The van der Waals surface area contributed by atoms with E-state index in [9.17, 15) is 4.21 Å². The maximum atomic E-state index is 12.8. The van der Waals surface area contributed by atoms with Gasteiger partial charge in [0, 0.05) is 4.75 Å². The molecule has 1 fully saturated rings. The number of hydrogen-bond acceptors (Lipinski definition) is 2. The Morgan fingerprint density at radius 2 is 1.79 bits per heavy atom. The Balaban J connectivity index is 2.31. The standard InChI is InChI=1S/C16H25NOS/c1-5-15(19(17,18)16(2,3)4)14-10-8-13(9-11-14)12-6-7-12/h8-12,15,17H,5-7H2,1-4H3/t15-,19?/m0/s1. The Bertz CT molecular complexity index is 533. The van der Waals surface area contributed by atoms with Crippen LogP contribution in [-0.2, 0) is 9.73 Å². The van der Waals surface area contributed by atoms with Crippen LogP contribution < -0.4 is 0 Å². The quantitative estimate of drug-likeness (QED) is 0.840. The summed E-state index contributed by atoms with van der Waals surface area (Å²) in [5.41, 5.74) is 2.45. The Hall–Kier alpha value is -0.830. The molecular weight excluding hydrogens is 254 g/mol. The molecule has 0 radical (unpaired) electrons. The van der Waals surface area contributed by atoms with Crippen molar-refractivity contribution in [2.45, 2.75) is 62.9 Å². The van der Waals surface area contributed by atoms with Crippen LogP contribution in [0.3, 0.4) is 0 Å². The summed E-state index contributed by atoms with van der Waals surface area (Å²) >= 11 is 0. The summed E-state index contributed by atoms with van der Waals surface area (Å²) in [6.45, 7) is 7.75. The van der Waals surface area contributed by atoms with E-state index in [1.54, 1.807) is 0 Å². The molecule has 1 aromatic rings. The molecule has 0 bridgehead atoms. The van der Waals surface area contributed by atoms with Gasteiger partial charge in [-0.3, -0.25) is 4.78 Å². The minimum atomic E-state index is -2.66. The molecule has 1 aromatic carbocycles. The first-order chi connectivity index (χ1) is 8.77. The second-order valence-electron chi connectivity index (χ2n) is 6.55.